The Labute approximate surface area is 169 Å². The van der Waals surface area contributed by atoms with Crippen molar-refractivity contribution in [3.05, 3.63) is 70.2 Å². The topological polar surface area (TPSA) is 70.7 Å². The maximum atomic E-state index is 12.3. The maximum absolute atomic E-state index is 12.3. The first-order chi connectivity index (χ1) is 14.1. The molecule has 1 N–H and O–H groups in total. The van der Waals surface area contributed by atoms with Crippen LogP contribution in [0.25, 0.3) is 11.1 Å². The van der Waals surface area contributed by atoms with Gasteiger partial charge < -0.3 is 14.6 Å². The van der Waals surface area contributed by atoms with Gasteiger partial charge in [-0.05, 0) is 30.3 Å². The van der Waals surface area contributed by atoms with Crippen LogP contribution in [0.2, 0.25) is 0 Å². The monoisotopic (exact) mass is 394 g/mol. The van der Waals surface area contributed by atoms with Crippen molar-refractivity contribution in [2.75, 3.05) is 33.2 Å². The number of para-hydroxylation sites is 2. The van der Waals surface area contributed by atoms with E-state index in [0.717, 1.165) is 38.3 Å². The minimum Gasteiger partial charge on any atom is -0.408 e. The van der Waals surface area contributed by atoms with Crippen LogP contribution >= 0.6 is 0 Å². The van der Waals surface area contributed by atoms with Crippen LogP contribution in [0, 0.1) is 0 Å². The zero-order valence-corrected chi connectivity index (χ0v) is 16.6. The minimum atomic E-state index is -0.519. The fourth-order valence-corrected chi connectivity index (χ4v) is 3.59. The highest BCUT2D eigenvalue weighted by atomic mass is 16.4. The number of carbonyl (C=O) groups excluding carboxylic acids is 1. The van der Waals surface area contributed by atoms with E-state index >= 15 is 0 Å². The van der Waals surface area contributed by atoms with Crippen LogP contribution in [0.3, 0.4) is 0 Å². The molecule has 0 spiro atoms. The molecule has 1 aliphatic rings. The molecular weight excluding hydrogens is 368 g/mol. The van der Waals surface area contributed by atoms with Gasteiger partial charge in [0.2, 0.25) is 5.91 Å². The molecule has 29 heavy (non-hydrogen) atoms. The molecule has 7 nitrogen and oxygen atoms in total. The lowest BCUT2D eigenvalue weighted by molar-refractivity contribution is -0.121. The Kier molecular flexibility index (Phi) is 5.78. The molecule has 1 amide bonds. The minimum absolute atomic E-state index is 0.0582. The number of oxazole rings is 1. The molecule has 2 heterocycles. The number of aromatic nitrogens is 1. The molecule has 0 aliphatic carbocycles. The smallest absolute Gasteiger partial charge is 0.408 e. The standard InChI is InChI=1S/C22H26N4O3/c1-24-10-12-25(13-11-24)15-18-8-6-17(7-9-18)14-23-21(27)16-26-19-4-2-3-5-20(19)29-22(26)28/h2-9H,10-16H2,1H3,(H,23,27). The molecule has 0 radical (unpaired) electrons. The molecule has 7 heteroatoms. The SMILES string of the molecule is CN1CCN(Cc2ccc(CNC(=O)Cn3c(=O)oc4ccccc43)cc2)CC1. The second-order valence-corrected chi connectivity index (χ2v) is 7.59. The third-order valence-electron chi connectivity index (χ3n) is 5.39. The van der Waals surface area contributed by atoms with Crippen molar-refractivity contribution in [3.8, 4) is 0 Å². The van der Waals surface area contributed by atoms with E-state index in [9.17, 15) is 9.59 Å². The maximum Gasteiger partial charge on any atom is 0.420 e. The third-order valence-corrected chi connectivity index (χ3v) is 5.39. The Bertz CT molecular complexity index is 1030. The number of rotatable bonds is 6. The van der Waals surface area contributed by atoms with Gasteiger partial charge in [-0.1, -0.05) is 36.4 Å². The summed E-state index contributed by atoms with van der Waals surface area (Å²) in [6.45, 7) is 5.73. The number of fused-ring (bicyclic) bond motifs is 1. The zero-order chi connectivity index (χ0) is 20.2. The number of piperazine rings is 1. The van der Waals surface area contributed by atoms with Crippen LogP contribution < -0.4 is 11.1 Å². The van der Waals surface area contributed by atoms with Crippen molar-refractivity contribution in [2.24, 2.45) is 0 Å². The first kappa shape index (κ1) is 19.4. The van der Waals surface area contributed by atoms with E-state index in [1.807, 2.05) is 18.2 Å². The summed E-state index contributed by atoms with van der Waals surface area (Å²) in [5.41, 5.74) is 3.42. The van der Waals surface area contributed by atoms with Crippen molar-refractivity contribution >= 4 is 17.0 Å². The van der Waals surface area contributed by atoms with Crippen molar-refractivity contribution in [1.29, 1.82) is 0 Å². The molecule has 0 atom stereocenters. The number of hydrogen-bond acceptors (Lipinski definition) is 5. The normalized spacial score (nSPS) is 15.6. The van der Waals surface area contributed by atoms with Gasteiger partial charge in [0, 0.05) is 39.3 Å². The largest absolute Gasteiger partial charge is 0.420 e. The van der Waals surface area contributed by atoms with Gasteiger partial charge in [-0.2, -0.15) is 0 Å². The summed E-state index contributed by atoms with van der Waals surface area (Å²) < 4.78 is 6.52. The second kappa shape index (κ2) is 8.63. The number of carbonyl (C=O) groups is 1. The first-order valence-corrected chi connectivity index (χ1v) is 9.92. The van der Waals surface area contributed by atoms with E-state index in [-0.39, 0.29) is 12.5 Å². The first-order valence-electron chi connectivity index (χ1n) is 9.92. The molecular formula is C22H26N4O3. The van der Waals surface area contributed by atoms with Crippen molar-refractivity contribution < 1.29 is 9.21 Å². The highest BCUT2D eigenvalue weighted by Gasteiger charge is 2.14. The lowest BCUT2D eigenvalue weighted by atomic mass is 10.1. The van der Waals surface area contributed by atoms with Crippen LogP contribution in [0.5, 0.6) is 0 Å². The average Bonchev–Trinajstić information content (AvgIpc) is 3.04. The van der Waals surface area contributed by atoms with Crippen LogP contribution in [-0.2, 0) is 24.4 Å². The van der Waals surface area contributed by atoms with E-state index < -0.39 is 5.76 Å². The van der Waals surface area contributed by atoms with Gasteiger partial charge >= 0.3 is 5.76 Å². The Balaban J connectivity index is 1.30. The van der Waals surface area contributed by atoms with E-state index in [1.165, 1.54) is 10.1 Å². The predicted octanol–water partition coefficient (Wildman–Crippen LogP) is 1.66. The highest BCUT2D eigenvalue weighted by Crippen LogP contribution is 2.12. The number of likely N-dealkylation sites (N-methyl/N-ethyl adjacent to an activating group) is 1. The summed E-state index contributed by atoms with van der Waals surface area (Å²) in [5, 5.41) is 2.88. The zero-order valence-electron chi connectivity index (χ0n) is 16.6. The molecule has 4 rings (SSSR count). The summed E-state index contributed by atoms with van der Waals surface area (Å²) in [6, 6.07) is 15.4. The lowest BCUT2D eigenvalue weighted by Crippen LogP contribution is -2.43. The summed E-state index contributed by atoms with van der Waals surface area (Å²) in [5.74, 6) is -0.741. The van der Waals surface area contributed by atoms with Crippen LogP contribution in [0.15, 0.2) is 57.7 Å². The van der Waals surface area contributed by atoms with E-state index in [1.54, 1.807) is 18.2 Å². The number of amides is 1. The summed E-state index contributed by atoms with van der Waals surface area (Å²) in [7, 11) is 2.16. The number of nitrogens with one attached hydrogen (secondary N) is 1. The second-order valence-electron chi connectivity index (χ2n) is 7.59. The Morgan fingerprint density at radius 1 is 1.00 bits per heavy atom. The van der Waals surface area contributed by atoms with Crippen LogP contribution in [-0.4, -0.2) is 53.5 Å². The van der Waals surface area contributed by atoms with Crippen LogP contribution in [0.4, 0.5) is 0 Å². The van der Waals surface area contributed by atoms with Gasteiger partial charge in [0.1, 0.15) is 6.54 Å². The Morgan fingerprint density at radius 3 is 2.45 bits per heavy atom. The molecule has 1 aromatic heterocycles. The van der Waals surface area contributed by atoms with E-state index in [0.29, 0.717) is 17.6 Å². The van der Waals surface area contributed by atoms with Gasteiger partial charge in [-0.15, -0.1) is 0 Å². The summed E-state index contributed by atoms with van der Waals surface area (Å²) >= 11 is 0. The van der Waals surface area contributed by atoms with Crippen molar-refractivity contribution in [3.63, 3.8) is 0 Å². The number of nitrogens with zero attached hydrogens (tertiary/aromatic N) is 3. The average molecular weight is 394 g/mol. The molecule has 0 unspecified atom stereocenters. The quantitative estimate of drug-likeness (QED) is 0.689. The fourth-order valence-electron chi connectivity index (χ4n) is 3.59. The molecule has 1 saturated heterocycles. The summed E-state index contributed by atoms with van der Waals surface area (Å²) in [6.07, 6.45) is 0. The molecule has 1 fully saturated rings. The summed E-state index contributed by atoms with van der Waals surface area (Å²) in [4.78, 5) is 29.1. The molecule has 2 aromatic carbocycles. The molecule has 152 valence electrons. The van der Waals surface area contributed by atoms with Gasteiger partial charge in [-0.3, -0.25) is 14.3 Å². The fraction of sp³-hybridized carbons (Fsp3) is 0.364. The van der Waals surface area contributed by atoms with E-state index in [2.05, 4.69) is 34.3 Å². The van der Waals surface area contributed by atoms with Gasteiger partial charge in [0.25, 0.3) is 0 Å². The third kappa shape index (κ3) is 4.75. The number of benzene rings is 2. The molecule has 3 aromatic rings. The molecule has 1 aliphatic heterocycles. The predicted molar refractivity (Wildman–Crippen MR) is 112 cm³/mol. The lowest BCUT2D eigenvalue weighted by Gasteiger charge is -2.32. The van der Waals surface area contributed by atoms with Gasteiger partial charge in [-0.25, -0.2) is 4.79 Å². The van der Waals surface area contributed by atoms with E-state index in [4.69, 9.17) is 4.42 Å². The molecule has 0 bridgehead atoms. The van der Waals surface area contributed by atoms with Crippen molar-refractivity contribution in [2.45, 2.75) is 19.6 Å². The highest BCUT2D eigenvalue weighted by molar-refractivity contribution is 5.79. The Hall–Kier alpha value is -2.90. The van der Waals surface area contributed by atoms with Crippen molar-refractivity contribution in [1.82, 2.24) is 19.7 Å². The van der Waals surface area contributed by atoms with Gasteiger partial charge in [0.05, 0.1) is 5.52 Å². The number of hydrogen-bond donors (Lipinski definition) is 1. The van der Waals surface area contributed by atoms with Gasteiger partial charge in [0.15, 0.2) is 5.58 Å². The molecule has 0 saturated carbocycles. The Morgan fingerprint density at radius 2 is 1.69 bits per heavy atom. The van der Waals surface area contributed by atoms with Crippen LogP contribution in [0.1, 0.15) is 11.1 Å².